The van der Waals surface area contributed by atoms with Crippen molar-refractivity contribution in [2.45, 2.75) is 12.5 Å². The molecule has 0 spiro atoms. The summed E-state index contributed by atoms with van der Waals surface area (Å²) in [5.41, 5.74) is 4.36. The molecule has 1 atom stereocenters. The Hall–Kier alpha value is -5.44. The maximum Gasteiger partial charge on any atom is 0.228 e. The third-order valence-electron chi connectivity index (χ3n) is 7.16. The first-order valence-corrected chi connectivity index (χ1v) is 13.1. The van der Waals surface area contributed by atoms with Crippen LogP contribution in [-0.4, -0.2) is 40.0 Å². The highest BCUT2D eigenvalue weighted by molar-refractivity contribution is 5.91. The van der Waals surface area contributed by atoms with Gasteiger partial charge in [-0.2, -0.15) is 0 Å². The van der Waals surface area contributed by atoms with Crippen molar-refractivity contribution in [1.82, 2.24) is 19.6 Å². The molecule has 3 heterocycles. The molecule has 1 aliphatic rings. The van der Waals surface area contributed by atoms with Gasteiger partial charge in [0.25, 0.3) is 0 Å². The van der Waals surface area contributed by atoms with E-state index in [1.807, 2.05) is 66.7 Å². The van der Waals surface area contributed by atoms with Crippen molar-refractivity contribution in [3.8, 4) is 23.1 Å². The molecule has 0 saturated carbocycles. The molecule has 7 rings (SSSR count). The van der Waals surface area contributed by atoms with Gasteiger partial charge in [0.2, 0.25) is 5.88 Å². The van der Waals surface area contributed by atoms with E-state index in [1.165, 1.54) is 0 Å². The van der Waals surface area contributed by atoms with E-state index in [0.29, 0.717) is 28.9 Å². The van der Waals surface area contributed by atoms with Crippen LogP contribution in [0.5, 0.6) is 23.1 Å². The van der Waals surface area contributed by atoms with Crippen LogP contribution in [0.15, 0.2) is 96.4 Å². The molecule has 0 bridgehead atoms. The Bertz CT molecular complexity index is 1920. The fourth-order valence-electron chi connectivity index (χ4n) is 5.31. The van der Waals surface area contributed by atoms with Gasteiger partial charge in [0.1, 0.15) is 12.1 Å². The second-order valence-corrected chi connectivity index (χ2v) is 9.53. The van der Waals surface area contributed by atoms with Gasteiger partial charge >= 0.3 is 0 Å². The van der Waals surface area contributed by atoms with Gasteiger partial charge < -0.3 is 19.0 Å². The Morgan fingerprint density at radius 3 is 2.59 bits per heavy atom. The molecule has 41 heavy (non-hydrogen) atoms. The van der Waals surface area contributed by atoms with Crippen LogP contribution in [-0.2, 0) is 11.4 Å². The standard InChI is InChI=1S/C32H25N5O4/c1-38-24-14-13-22(16-26(24)39-2)28-29-23-11-7-6-10-21(23)12-15-25(29)41-32-30(28)31-35-27(36-37(31)19-33-32)18-40-34-17-20-8-4-3-5-9-20/h3-17,19,28H,18H2,1-2H3. The van der Waals surface area contributed by atoms with Crippen molar-refractivity contribution in [2.24, 2.45) is 5.16 Å². The highest BCUT2D eigenvalue weighted by atomic mass is 16.6. The molecule has 0 saturated heterocycles. The fourth-order valence-corrected chi connectivity index (χ4v) is 5.31. The van der Waals surface area contributed by atoms with E-state index in [9.17, 15) is 0 Å². The summed E-state index contributed by atoms with van der Waals surface area (Å²) >= 11 is 0. The Balaban J connectivity index is 1.36. The fraction of sp³-hybridized carbons (Fsp3) is 0.125. The Labute approximate surface area is 235 Å². The van der Waals surface area contributed by atoms with Crippen molar-refractivity contribution in [3.63, 3.8) is 0 Å². The van der Waals surface area contributed by atoms with E-state index in [4.69, 9.17) is 24.0 Å². The highest BCUT2D eigenvalue weighted by Crippen LogP contribution is 2.51. The van der Waals surface area contributed by atoms with Crippen LogP contribution in [0, 0.1) is 0 Å². The minimum atomic E-state index is -0.273. The van der Waals surface area contributed by atoms with E-state index in [-0.39, 0.29) is 12.5 Å². The number of rotatable bonds is 7. The largest absolute Gasteiger partial charge is 0.493 e. The summed E-state index contributed by atoms with van der Waals surface area (Å²) in [6, 6.07) is 28.0. The molecule has 4 aromatic carbocycles. The minimum Gasteiger partial charge on any atom is -0.493 e. The predicted molar refractivity (Wildman–Crippen MR) is 154 cm³/mol. The van der Waals surface area contributed by atoms with Crippen LogP contribution < -0.4 is 14.2 Å². The third kappa shape index (κ3) is 4.37. The maximum atomic E-state index is 6.40. The first kappa shape index (κ1) is 24.6. The molecule has 1 unspecified atom stereocenters. The predicted octanol–water partition coefficient (Wildman–Crippen LogP) is 6.13. The smallest absolute Gasteiger partial charge is 0.228 e. The van der Waals surface area contributed by atoms with Gasteiger partial charge in [0.15, 0.2) is 29.6 Å². The second kappa shape index (κ2) is 10.3. The molecular formula is C32H25N5O4. The molecule has 0 N–H and O–H groups in total. The number of benzene rings is 4. The van der Waals surface area contributed by atoms with Crippen molar-refractivity contribution >= 4 is 22.6 Å². The molecule has 0 fully saturated rings. The van der Waals surface area contributed by atoms with Gasteiger partial charge in [-0.15, -0.1) is 5.10 Å². The number of fused-ring (bicyclic) bond motifs is 6. The zero-order valence-corrected chi connectivity index (χ0v) is 22.4. The quantitative estimate of drug-likeness (QED) is 0.176. The molecule has 202 valence electrons. The van der Waals surface area contributed by atoms with E-state index in [1.54, 1.807) is 31.3 Å². The molecule has 0 radical (unpaired) electrons. The van der Waals surface area contributed by atoms with Crippen molar-refractivity contribution in [1.29, 1.82) is 0 Å². The molecule has 0 amide bonds. The minimum absolute atomic E-state index is 0.0984. The number of ether oxygens (including phenoxy) is 3. The second-order valence-electron chi connectivity index (χ2n) is 9.53. The molecule has 1 aliphatic heterocycles. The molecule has 6 aromatic rings. The summed E-state index contributed by atoms with van der Waals surface area (Å²) in [5, 5.41) is 10.9. The van der Waals surface area contributed by atoms with E-state index < -0.39 is 0 Å². The zero-order valence-electron chi connectivity index (χ0n) is 22.4. The summed E-state index contributed by atoms with van der Waals surface area (Å²) in [7, 11) is 3.26. The Morgan fingerprint density at radius 2 is 1.73 bits per heavy atom. The van der Waals surface area contributed by atoms with Crippen LogP contribution in [0.2, 0.25) is 0 Å². The van der Waals surface area contributed by atoms with E-state index in [0.717, 1.165) is 38.8 Å². The summed E-state index contributed by atoms with van der Waals surface area (Å²) in [6.45, 7) is 0.0984. The van der Waals surface area contributed by atoms with Gasteiger partial charge in [-0.05, 0) is 40.1 Å². The molecular weight excluding hydrogens is 518 g/mol. The van der Waals surface area contributed by atoms with Gasteiger partial charge in [-0.1, -0.05) is 71.9 Å². The first-order valence-electron chi connectivity index (χ1n) is 13.1. The highest BCUT2D eigenvalue weighted by Gasteiger charge is 2.35. The van der Waals surface area contributed by atoms with Crippen LogP contribution in [0.3, 0.4) is 0 Å². The lowest BCUT2D eigenvalue weighted by molar-refractivity contribution is 0.126. The number of methoxy groups -OCH3 is 2. The lowest BCUT2D eigenvalue weighted by atomic mass is 9.81. The average Bonchev–Trinajstić information content (AvgIpc) is 3.45. The molecule has 9 nitrogen and oxygen atoms in total. The van der Waals surface area contributed by atoms with Gasteiger partial charge in [-0.25, -0.2) is 14.5 Å². The maximum absolute atomic E-state index is 6.40. The molecule has 0 aliphatic carbocycles. The van der Waals surface area contributed by atoms with Crippen molar-refractivity contribution < 1.29 is 19.0 Å². The van der Waals surface area contributed by atoms with Gasteiger partial charge in [-0.3, -0.25) is 0 Å². The monoisotopic (exact) mass is 543 g/mol. The number of oxime groups is 1. The van der Waals surface area contributed by atoms with Crippen molar-refractivity contribution in [3.05, 3.63) is 119 Å². The molecule has 9 heteroatoms. The number of hydrogen-bond acceptors (Lipinski definition) is 8. The summed E-state index contributed by atoms with van der Waals surface area (Å²) in [4.78, 5) is 15.0. The van der Waals surface area contributed by atoms with Crippen LogP contribution in [0.25, 0.3) is 16.4 Å². The summed E-state index contributed by atoms with van der Waals surface area (Å²) in [5.74, 6) is 2.70. The number of nitrogens with zero attached hydrogens (tertiary/aromatic N) is 5. The zero-order chi connectivity index (χ0) is 27.8. The summed E-state index contributed by atoms with van der Waals surface area (Å²) in [6.07, 6.45) is 3.26. The van der Waals surface area contributed by atoms with Crippen LogP contribution in [0.1, 0.15) is 34.0 Å². The van der Waals surface area contributed by atoms with Crippen LogP contribution in [0.4, 0.5) is 0 Å². The average molecular weight is 544 g/mol. The lowest BCUT2D eigenvalue weighted by Gasteiger charge is -2.29. The topological polar surface area (TPSA) is 92.4 Å². The SMILES string of the molecule is COc1ccc(C2c3c(ccc4ccccc34)Oc3ncn4nc(CON=Cc5ccccc5)nc4c32)cc1OC. The normalized spacial score (nSPS) is 14.0. The van der Waals surface area contributed by atoms with E-state index in [2.05, 4.69) is 33.4 Å². The summed E-state index contributed by atoms with van der Waals surface area (Å²) < 4.78 is 19.3. The van der Waals surface area contributed by atoms with Gasteiger partial charge in [0, 0.05) is 11.5 Å². The van der Waals surface area contributed by atoms with E-state index >= 15 is 0 Å². The Morgan fingerprint density at radius 1 is 0.902 bits per heavy atom. The van der Waals surface area contributed by atoms with Gasteiger partial charge in [0.05, 0.1) is 26.0 Å². The lowest BCUT2D eigenvalue weighted by Crippen LogP contribution is -2.15. The van der Waals surface area contributed by atoms with Crippen LogP contribution >= 0.6 is 0 Å². The van der Waals surface area contributed by atoms with Crippen molar-refractivity contribution in [2.75, 3.05) is 14.2 Å². The third-order valence-corrected chi connectivity index (χ3v) is 7.16. The Kier molecular flexibility index (Phi) is 6.16. The first-order chi connectivity index (χ1) is 20.2. The number of hydrogen-bond donors (Lipinski definition) is 0. The number of aromatic nitrogens is 4. The molecule has 2 aromatic heterocycles.